The average molecular weight is 420 g/mol. The van der Waals surface area contributed by atoms with Crippen molar-refractivity contribution in [2.75, 3.05) is 18.2 Å². The van der Waals surface area contributed by atoms with E-state index in [1.54, 1.807) is 0 Å². The van der Waals surface area contributed by atoms with Crippen LogP contribution in [0.3, 0.4) is 0 Å². The lowest BCUT2D eigenvalue weighted by molar-refractivity contribution is -0.138. The van der Waals surface area contributed by atoms with E-state index in [2.05, 4.69) is 29.6 Å². The highest BCUT2D eigenvalue weighted by atomic mass is 28.3. The lowest BCUT2D eigenvalue weighted by Crippen LogP contribution is -2.35. The number of carbonyl (C=O) groups is 2. The summed E-state index contributed by atoms with van der Waals surface area (Å²) in [5.41, 5.74) is 0.852. The first-order valence-electron chi connectivity index (χ1n) is 9.28. The molecule has 0 aliphatic heterocycles. The number of amides is 1. The maximum atomic E-state index is 13.3. The number of hydrogen-bond donors (Lipinski definition) is 1. The zero-order valence-corrected chi connectivity index (χ0v) is 18.1. The molecule has 1 N–H and O–H groups in total. The first-order valence-corrected chi connectivity index (χ1v) is 13.0. The van der Waals surface area contributed by atoms with Gasteiger partial charge < -0.3 is 9.84 Å². The summed E-state index contributed by atoms with van der Waals surface area (Å²) in [7, 11) is -1.28. The molecule has 7 nitrogen and oxygen atoms in total. The van der Waals surface area contributed by atoms with E-state index in [1.807, 2.05) is 0 Å². The Hall–Kier alpha value is -2.65. The summed E-state index contributed by atoms with van der Waals surface area (Å²) < 4.78 is 19.0. The quantitative estimate of drug-likeness (QED) is 0.378. The Labute approximate surface area is 170 Å². The molecule has 0 aliphatic rings. The molecule has 2 rings (SSSR count). The molecule has 1 atom stereocenters. The molecule has 1 aromatic carbocycles. The van der Waals surface area contributed by atoms with Gasteiger partial charge >= 0.3 is 5.97 Å². The van der Waals surface area contributed by atoms with E-state index in [-0.39, 0.29) is 12.6 Å². The minimum absolute atomic E-state index is 0.0222. The number of benzene rings is 1. The van der Waals surface area contributed by atoms with E-state index < -0.39 is 31.7 Å². The third-order valence-corrected chi connectivity index (χ3v) is 6.04. The second kappa shape index (κ2) is 9.70. The van der Waals surface area contributed by atoms with Crippen LogP contribution in [0.5, 0.6) is 0 Å². The van der Waals surface area contributed by atoms with Gasteiger partial charge in [0.15, 0.2) is 0 Å². The fourth-order valence-electron chi connectivity index (χ4n) is 2.34. The molecule has 1 heterocycles. The lowest BCUT2D eigenvalue weighted by Gasteiger charge is -2.23. The summed E-state index contributed by atoms with van der Waals surface area (Å²) in [4.78, 5) is 33.4. The Morgan fingerprint density at radius 1 is 1.17 bits per heavy atom. The summed E-state index contributed by atoms with van der Waals surface area (Å²) >= 11 is 0. The molecule has 2 aromatic rings. The number of hydrogen-bond acceptors (Lipinski definition) is 5. The van der Waals surface area contributed by atoms with Gasteiger partial charge in [-0.05, 0) is 37.2 Å². The SMILES string of the molecule is CC(C(=O)O)c1cnc(C(=O)N(COCC[Si](C)(C)C)c2ccc(F)cc2)nc1. The number of aliphatic carboxylic acids is 1. The number of anilines is 1. The molecular weight excluding hydrogens is 393 g/mol. The van der Waals surface area contributed by atoms with Crippen LogP contribution in [0.25, 0.3) is 0 Å². The van der Waals surface area contributed by atoms with E-state index in [9.17, 15) is 14.0 Å². The number of carbonyl (C=O) groups excluding carboxylic acids is 1. The van der Waals surface area contributed by atoms with E-state index in [0.717, 1.165) is 6.04 Å². The fourth-order valence-corrected chi connectivity index (χ4v) is 3.10. The van der Waals surface area contributed by atoms with Gasteiger partial charge in [0.25, 0.3) is 5.91 Å². The van der Waals surface area contributed by atoms with Crippen molar-refractivity contribution >= 4 is 25.6 Å². The molecule has 0 aliphatic carbocycles. The molecule has 1 unspecified atom stereocenters. The van der Waals surface area contributed by atoms with Gasteiger partial charge in [-0.3, -0.25) is 14.5 Å². The first kappa shape index (κ1) is 22.6. The van der Waals surface area contributed by atoms with Gasteiger partial charge in [0.1, 0.15) is 12.5 Å². The minimum Gasteiger partial charge on any atom is -0.481 e. The summed E-state index contributed by atoms with van der Waals surface area (Å²) in [6, 6.07) is 6.43. The van der Waals surface area contributed by atoms with Gasteiger partial charge in [-0.1, -0.05) is 19.6 Å². The molecule has 1 amide bonds. The summed E-state index contributed by atoms with van der Waals surface area (Å²) in [6.45, 7) is 8.69. The average Bonchev–Trinajstić information content (AvgIpc) is 2.67. The topological polar surface area (TPSA) is 92.6 Å². The highest BCUT2D eigenvalue weighted by Gasteiger charge is 2.22. The predicted octanol–water partition coefficient (Wildman–Crippen LogP) is 3.76. The fraction of sp³-hybridized carbons (Fsp3) is 0.400. The first-order chi connectivity index (χ1) is 13.6. The van der Waals surface area contributed by atoms with E-state index in [1.165, 1.54) is 48.5 Å². The molecule has 9 heteroatoms. The number of nitrogens with zero attached hydrogens (tertiary/aromatic N) is 3. The molecule has 156 valence electrons. The summed E-state index contributed by atoms with van der Waals surface area (Å²) in [5, 5.41) is 9.08. The maximum absolute atomic E-state index is 13.3. The molecule has 0 saturated heterocycles. The third-order valence-electron chi connectivity index (χ3n) is 4.33. The summed E-state index contributed by atoms with van der Waals surface area (Å²) in [6.07, 6.45) is 2.65. The van der Waals surface area contributed by atoms with Crippen molar-refractivity contribution in [2.45, 2.75) is 38.5 Å². The van der Waals surface area contributed by atoms with Crippen LogP contribution in [0.15, 0.2) is 36.7 Å². The van der Waals surface area contributed by atoms with Gasteiger partial charge in [-0.2, -0.15) is 0 Å². The van der Waals surface area contributed by atoms with Crippen molar-refractivity contribution in [1.29, 1.82) is 0 Å². The number of rotatable bonds is 9. The van der Waals surface area contributed by atoms with Crippen LogP contribution in [0.2, 0.25) is 25.7 Å². The lowest BCUT2D eigenvalue weighted by atomic mass is 10.1. The van der Waals surface area contributed by atoms with Crippen LogP contribution < -0.4 is 4.90 Å². The number of aromatic nitrogens is 2. The molecule has 0 spiro atoms. The Bertz CT molecular complexity index is 838. The second-order valence-corrected chi connectivity index (χ2v) is 13.6. The van der Waals surface area contributed by atoms with Gasteiger partial charge in [-0.15, -0.1) is 0 Å². The molecule has 29 heavy (non-hydrogen) atoms. The van der Waals surface area contributed by atoms with Crippen LogP contribution in [0.1, 0.15) is 29.0 Å². The van der Waals surface area contributed by atoms with Gasteiger partial charge in [-0.25, -0.2) is 14.4 Å². The maximum Gasteiger partial charge on any atom is 0.310 e. The Morgan fingerprint density at radius 2 is 1.76 bits per heavy atom. The Kier molecular flexibility index (Phi) is 7.57. The van der Waals surface area contributed by atoms with Crippen LogP contribution in [0.4, 0.5) is 10.1 Å². The smallest absolute Gasteiger partial charge is 0.310 e. The monoisotopic (exact) mass is 419 g/mol. The Balaban J connectivity index is 2.19. The third kappa shape index (κ3) is 6.72. The van der Waals surface area contributed by atoms with Crippen molar-refractivity contribution in [3.63, 3.8) is 0 Å². The van der Waals surface area contributed by atoms with E-state index in [0.29, 0.717) is 17.9 Å². The van der Waals surface area contributed by atoms with Crippen molar-refractivity contribution in [3.8, 4) is 0 Å². The minimum atomic E-state index is -1.28. The Morgan fingerprint density at radius 3 is 2.28 bits per heavy atom. The normalized spacial score (nSPS) is 12.4. The highest BCUT2D eigenvalue weighted by Crippen LogP contribution is 2.19. The van der Waals surface area contributed by atoms with Gasteiger partial charge in [0, 0.05) is 38.3 Å². The number of carboxylic acid groups (broad SMARTS) is 1. The molecule has 0 radical (unpaired) electrons. The van der Waals surface area contributed by atoms with E-state index >= 15 is 0 Å². The van der Waals surface area contributed by atoms with Crippen molar-refractivity contribution in [2.24, 2.45) is 0 Å². The number of ether oxygens (including phenoxy) is 1. The second-order valence-electron chi connectivity index (χ2n) is 7.96. The van der Waals surface area contributed by atoms with E-state index in [4.69, 9.17) is 9.84 Å². The number of halogens is 1. The predicted molar refractivity (Wildman–Crippen MR) is 110 cm³/mol. The molecule has 0 fully saturated rings. The standard InChI is InChI=1S/C20H26FN3O4Si/c1-14(20(26)27)15-11-22-18(23-12-15)19(25)24(13-28-9-10-29(2,3)4)17-7-5-16(21)6-8-17/h5-8,11-12,14H,9-10,13H2,1-4H3,(H,26,27). The van der Waals surface area contributed by atoms with Crippen molar-refractivity contribution in [1.82, 2.24) is 9.97 Å². The van der Waals surface area contributed by atoms with Crippen LogP contribution >= 0.6 is 0 Å². The zero-order chi connectivity index (χ0) is 21.6. The molecule has 0 saturated carbocycles. The molecule has 1 aromatic heterocycles. The van der Waals surface area contributed by atoms with Gasteiger partial charge in [0.2, 0.25) is 5.82 Å². The summed E-state index contributed by atoms with van der Waals surface area (Å²) in [5.74, 6) is -2.80. The van der Waals surface area contributed by atoms with Crippen molar-refractivity contribution in [3.05, 3.63) is 53.9 Å². The number of carboxylic acids is 1. The highest BCUT2D eigenvalue weighted by molar-refractivity contribution is 6.76. The molecule has 0 bridgehead atoms. The van der Waals surface area contributed by atoms with Crippen LogP contribution in [-0.4, -0.2) is 48.4 Å². The van der Waals surface area contributed by atoms with Crippen LogP contribution in [-0.2, 0) is 9.53 Å². The van der Waals surface area contributed by atoms with Crippen LogP contribution in [0, 0.1) is 5.82 Å². The van der Waals surface area contributed by atoms with Gasteiger partial charge in [0.05, 0.1) is 5.92 Å². The molecular formula is C20H26FN3O4Si. The largest absolute Gasteiger partial charge is 0.481 e. The van der Waals surface area contributed by atoms with Crippen molar-refractivity contribution < 1.29 is 23.8 Å². The zero-order valence-electron chi connectivity index (χ0n) is 17.1.